The Balaban J connectivity index is 3.13. The van der Waals surface area contributed by atoms with E-state index in [1.54, 1.807) is 0 Å². The van der Waals surface area contributed by atoms with Crippen molar-refractivity contribution >= 4 is 5.97 Å². The Labute approximate surface area is 91.4 Å². The summed E-state index contributed by atoms with van der Waals surface area (Å²) < 4.78 is 4.70. The summed E-state index contributed by atoms with van der Waals surface area (Å²) >= 11 is 0. The number of aliphatic hydroxyl groups excluding tert-OH is 1. The molecular formula is C10H22N2O3. The Bertz CT molecular complexity index is 163. The van der Waals surface area contributed by atoms with Crippen molar-refractivity contribution < 1.29 is 14.6 Å². The highest BCUT2D eigenvalue weighted by atomic mass is 16.5. The van der Waals surface area contributed by atoms with Crippen molar-refractivity contribution in [3.05, 3.63) is 0 Å². The molecule has 0 aromatic heterocycles. The maximum Gasteiger partial charge on any atom is 0.307 e. The Hall–Kier alpha value is -0.650. The van der Waals surface area contributed by atoms with Crippen molar-refractivity contribution in [1.82, 2.24) is 10.2 Å². The first kappa shape index (κ1) is 14.3. The molecule has 0 aromatic carbocycles. The zero-order valence-electron chi connectivity index (χ0n) is 9.66. The first-order valence-corrected chi connectivity index (χ1v) is 5.28. The molecule has 0 aliphatic rings. The molecule has 0 fully saturated rings. The summed E-state index contributed by atoms with van der Waals surface area (Å²) in [5, 5.41) is 11.6. The van der Waals surface area contributed by atoms with E-state index in [-0.39, 0.29) is 19.2 Å². The number of nitrogens with one attached hydrogen (secondary N) is 1. The lowest BCUT2D eigenvalue weighted by Crippen LogP contribution is -2.24. The van der Waals surface area contributed by atoms with E-state index >= 15 is 0 Å². The normalized spacial score (nSPS) is 10.7. The van der Waals surface area contributed by atoms with Crippen molar-refractivity contribution in [1.29, 1.82) is 0 Å². The van der Waals surface area contributed by atoms with Crippen molar-refractivity contribution in [3.8, 4) is 0 Å². The van der Waals surface area contributed by atoms with Gasteiger partial charge in [0, 0.05) is 6.54 Å². The lowest BCUT2D eigenvalue weighted by atomic mass is 10.3. The van der Waals surface area contributed by atoms with Crippen LogP contribution in [0, 0.1) is 0 Å². The van der Waals surface area contributed by atoms with Crippen LogP contribution in [0.3, 0.4) is 0 Å². The topological polar surface area (TPSA) is 61.8 Å². The Kier molecular flexibility index (Phi) is 9.46. The van der Waals surface area contributed by atoms with Gasteiger partial charge in [-0.3, -0.25) is 4.79 Å². The molecule has 0 aliphatic heterocycles. The predicted octanol–water partition coefficient (Wildman–Crippen LogP) is -0.547. The summed E-state index contributed by atoms with van der Waals surface area (Å²) in [4.78, 5) is 13.1. The number of rotatable bonds is 9. The van der Waals surface area contributed by atoms with Crippen molar-refractivity contribution in [2.24, 2.45) is 0 Å². The van der Waals surface area contributed by atoms with Gasteiger partial charge in [-0.25, -0.2) is 0 Å². The van der Waals surface area contributed by atoms with E-state index in [0.717, 1.165) is 19.5 Å². The van der Waals surface area contributed by atoms with Gasteiger partial charge in [0.05, 0.1) is 13.0 Å². The summed E-state index contributed by atoms with van der Waals surface area (Å²) in [6, 6.07) is 0. The Morgan fingerprint density at radius 1 is 1.40 bits per heavy atom. The van der Waals surface area contributed by atoms with Crippen LogP contribution < -0.4 is 5.32 Å². The third-order valence-electron chi connectivity index (χ3n) is 1.82. The summed E-state index contributed by atoms with van der Waals surface area (Å²) in [6.45, 7) is 2.58. The maximum absolute atomic E-state index is 11.0. The quantitative estimate of drug-likeness (QED) is 0.402. The molecule has 90 valence electrons. The molecule has 0 rings (SSSR count). The molecule has 2 N–H and O–H groups in total. The fraction of sp³-hybridized carbons (Fsp3) is 0.900. The van der Waals surface area contributed by atoms with Gasteiger partial charge < -0.3 is 20.1 Å². The fourth-order valence-electron chi connectivity index (χ4n) is 1.07. The number of aliphatic hydroxyl groups is 1. The molecule has 0 amide bonds. The van der Waals surface area contributed by atoms with Crippen LogP contribution in [0.4, 0.5) is 0 Å². The molecule has 15 heavy (non-hydrogen) atoms. The second kappa shape index (κ2) is 9.89. The Morgan fingerprint density at radius 2 is 2.13 bits per heavy atom. The molecule has 0 bridgehead atoms. The molecule has 0 saturated heterocycles. The summed E-state index contributed by atoms with van der Waals surface area (Å²) in [5.74, 6) is -0.260. The minimum atomic E-state index is -0.260. The lowest BCUT2D eigenvalue weighted by Gasteiger charge is -2.09. The van der Waals surface area contributed by atoms with Crippen molar-refractivity contribution in [2.45, 2.75) is 12.8 Å². The number of carbonyl (C=O) groups excluding carboxylic acids is 1. The first-order chi connectivity index (χ1) is 7.16. The maximum atomic E-state index is 11.0. The van der Waals surface area contributed by atoms with E-state index in [9.17, 15) is 4.79 Å². The molecule has 0 radical (unpaired) electrons. The van der Waals surface area contributed by atoms with E-state index in [2.05, 4.69) is 10.2 Å². The molecule has 5 nitrogen and oxygen atoms in total. The third kappa shape index (κ3) is 11.3. The Morgan fingerprint density at radius 3 is 2.73 bits per heavy atom. The van der Waals surface area contributed by atoms with E-state index < -0.39 is 0 Å². The molecule has 0 saturated carbocycles. The predicted molar refractivity (Wildman–Crippen MR) is 58.7 cm³/mol. The van der Waals surface area contributed by atoms with Gasteiger partial charge in [0.1, 0.15) is 6.61 Å². The van der Waals surface area contributed by atoms with Crippen molar-refractivity contribution in [2.75, 3.05) is 46.9 Å². The number of hydrogen-bond donors (Lipinski definition) is 2. The summed E-state index contributed by atoms with van der Waals surface area (Å²) in [7, 11) is 4.07. The molecular weight excluding hydrogens is 196 g/mol. The third-order valence-corrected chi connectivity index (χ3v) is 1.82. The minimum Gasteiger partial charge on any atom is -0.463 e. The molecule has 0 heterocycles. The van der Waals surface area contributed by atoms with Crippen LogP contribution in [0.1, 0.15) is 12.8 Å². The SMILES string of the molecule is CN(C)CCCNCCC(=O)OCCO. The van der Waals surface area contributed by atoms with Crippen LogP contribution in [0.15, 0.2) is 0 Å². The number of nitrogens with zero attached hydrogens (tertiary/aromatic N) is 1. The minimum absolute atomic E-state index is 0.0967. The highest BCUT2D eigenvalue weighted by molar-refractivity contribution is 5.69. The van der Waals surface area contributed by atoms with Crippen LogP contribution in [0.5, 0.6) is 0 Å². The average molecular weight is 218 g/mol. The van der Waals surface area contributed by atoms with Crippen LogP contribution in [0.2, 0.25) is 0 Å². The molecule has 0 aliphatic carbocycles. The smallest absolute Gasteiger partial charge is 0.307 e. The molecule has 0 unspecified atom stereocenters. The monoisotopic (exact) mass is 218 g/mol. The van der Waals surface area contributed by atoms with Gasteiger partial charge in [-0.15, -0.1) is 0 Å². The standard InChI is InChI=1S/C10H22N2O3/c1-12(2)7-3-5-11-6-4-10(14)15-9-8-13/h11,13H,3-9H2,1-2H3. The highest BCUT2D eigenvalue weighted by Gasteiger charge is 2.00. The largest absolute Gasteiger partial charge is 0.463 e. The van der Waals surface area contributed by atoms with Crippen LogP contribution in [-0.2, 0) is 9.53 Å². The van der Waals surface area contributed by atoms with Crippen LogP contribution in [-0.4, -0.2) is 62.9 Å². The van der Waals surface area contributed by atoms with Gasteiger partial charge in [0.2, 0.25) is 0 Å². The van der Waals surface area contributed by atoms with Gasteiger partial charge in [-0.1, -0.05) is 0 Å². The second-order valence-corrected chi connectivity index (χ2v) is 3.60. The summed E-state index contributed by atoms with van der Waals surface area (Å²) in [5.41, 5.74) is 0. The molecule has 0 aromatic rings. The van der Waals surface area contributed by atoms with E-state index in [1.165, 1.54) is 0 Å². The number of hydrogen-bond acceptors (Lipinski definition) is 5. The molecule has 5 heteroatoms. The zero-order chi connectivity index (χ0) is 11.5. The summed E-state index contributed by atoms with van der Waals surface area (Å²) in [6.07, 6.45) is 1.43. The van der Waals surface area contributed by atoms with Gasteiger partial charge in [-0.05, 0) is 33.6 Å². The van der Waals surface area contributed by atoms with Gasteiger partial charge in [0.15, 0.2) is 0 Å². The average Bonchev–Trinajstić information content (AvgIpc) is 2.19. The van der Waals surface area contributed by atoms with Gasteiger partial charge >= 0.3 is 5.97 Å². The van der Waals surface area contributed by atoms with Crippen molar-refractivity contribution in [3.63, 3.8) is 0 Å². The molecule has 0 spiro atoms. The van der Waals surface area contributed by atoms with Gasteiger partial charge in [0.25, 0.3) is 0 Å². The van der Waals surface area contributed by atoms with Crippen LogP contribution >= 0.6 is 0 Å². The number of esters is 1. The van der Waals surface area contributed by atoms with E-state index in [4.69, 9.17) is 9.84 Å². The number of ether oxygens (including phenoxy) is 1. The van der Waals surface area contributed by atoms with Gasteiger partial charge in [-0.2, -0.15) is 0 Å². The van der Waals surface area contributed by atoms with Crippen LogP contribution in [0.25, 0.3) is 0 Å². The highest BCUT2D eigenvalue weighted by Crippen LogP contribution is 1.85. The zero-order valence-corrected chi connectivity index (χ0v) is 9.66. The first-order valence-electron chi connectivity index (χ1n) is 5.28. The second-order valence-electron chi connectivity index (χ2n) is 3.60. The van der Waals surface area contributed by atoms with E-state index in [0.29, 0.717) is 13.0 Å². The van der Waals surface area contributed by atoms with E-state index in [1.807, 2.05) is 14.1 Å². The lowest BCUT2D eigenvalue weighted by molar-refractivity contribution is -0.144. The fourth-order valence-corrected chi connectivity index (χ4v) is 1.07. The number of carbonyl (C=O) groups is 1. The molecule has 0 atom stereocenters.